The molecule has 3 N–H and O–H groups in total. The van der Waals surface area contributed by atoms with Gasteiger partial charge in [-0.05, 0) is 38.0 Å². The predicted octanol–water partition coefficient (Wildman–Crippen LogP) is 1.77. The van der Waals surface area contributed by atoms with E-state index in [4.69, 9.17) is 22.1 Å². The molecule has 1 fully saturated rings. The maximum Gasteiger partial charge on any atom is 0.242 e. The fourth-order valence-corrected chi connectivity index (χ4v) is 4.06. The van der Waals surface area contributed by atoms with Crippen LogP contribution in [0.4, 0.5) is 5.69 Å². The normalized spacial score (nSPS) is 19.3. The fraction of sp³-hybridized carbons (Fsp3) is 0.500. The lowest BCUT2D eigenvalue weighted by molar-refractivity contribution is 0.0537. The zero-order valence-corrected chi connectivity index (χ0v) is 12.2. The van der Waals surface area contributed by atoms with E-state index < -0.39 is 15.6 Å². The van der Waals surface area contributed by atoms with E-state index >= 15 is 0 Å². The highest BCUT2D eigenvalue weighted by atomic mass is 35.5. The van der Waals surface area contributed by atoms with E-state index in [0.29, 0.717) is 31.7 Å². The second kappa shape index (κ2) is 5.28. The number of ether oxygens (including phenoxy) is 1. The van der Waals surface area contributed by atoms with E-state index in [0.717, 1.165) is 0 Å². The first-order valence-corrected chi connectivity index (χ1v) is 7.85. The lowest BCUT2D eigenvalue weighted by atomic mass is 9.94. The van der Waals surface area contributed by atoms with Crippen molar-refractivity contribution in [3.8, 4) is 0 Å². The van der Waals surface area contributed by atoms with Gasteiger partial charge in [-0.2, -0.15) is 0 Å². The molecule has 0 bridgehead atoms. The highest BCUT2D eigenvalue weighted by molar-refractivity contribution is 7.89. The van der Waals surface area contributed by atoms with E-state index in [1.165, 1.54) is 18.2 Å². The summed E-state index contributed by atoms with van der Waals surface area (Å²) in [7, 11) is -3.66. The molecule has 106 valence electrons. The van der Waals surface area contributed by atoms with Gasteiger partial charge in [-0.15, -0.1) is 0 Å². The van der Waals surface area contributed by atoms with Crippen LogP contribution in [0, 0.1) is 0 Å². The summed E-state index contributed by atoms with van der Waals surface area (Å²) in [5, 5.41) is 0.128. The molecule has 0 aromatic heterocycles. The van der Waals surface area contributed by atoms with Crippen LogP contribution in [0.3, 0.4) is 0 Å². The first-order chi connectivity index (χ1) is 8.82. The van der Waals surface area contributed by atoms with Crippen molar-refractivity contribution in [2.75, 3.05) is 18.9 Å². The molecule has 0 radical (unpaired) electrons. The van der Waals surface area contributed by atoms with E-state index in [-0.39, 0.29) is 9.92 Å². The standard InChI is InChI=1S/C12H17ClN2O3S/c1-12(4-6-18-7-5-12)15-19(16,17)11-3-2-9(14)8-10(11)13/h2-3,8,15H,4-7,14H2,1H3. The molecule has 0 unspecified atom stereocenters. The fourth-order valence-electron chi connectivity index (χ4n) is 2.04. The highest BCUT2D eigenvalue weighted by Crippen LogP contribution is 2.27. The van der Waals surface area contributed by atoms with Crippen LogP contribution in [0.15, 0.2) is 23.1 Å². The van der Waals surface area contributed by atoms with Crippen molar-refractivity contribution in [1.82, 2.24) is 4.72 Å². The molecule has 7 heteroatoms. The Morgan fingerprint density at radius 3 is 2.58 bits per heavy atom. The van der Waals surface area contributed by atoms with Gasteiger partial charge in [0, 0.05) is 24.4 Å². The number of rotatable bonds is 3. The first kappa shape index (κ1) is 14.6. The van der Waals surface area contributed by atoms with Gasteiger partial charge in [0.1, 0.15) is 4.90 Å². The number of hydrogen-bond acceptors (Lipinski definition) is 4. The number of nitrogen functional groups attached to an aromatic ring is 1. The van der Waals surface area contributed by atoms with Gasteiger partial charge in [0.2, 0.25) is 10.0 Å². The quantitative estimate of drug-likeness (QED) is 0.834. The topological polar surface area (TPSA) is 81.4 Å². The molecule has 1 saturated heterocycles. The molecule has 2 rings (SSSR count). The molecule has 0 atom stereocenters. The van der Waals surface area contributed by atoms with Crippen molar-refractivity contribution in [3.63, 3.8) is 0 Å². The van der Waals surface area contributed by atoms with Crippen molar-refractivity contribution in [1.29, 1.82) is 0 Å². The molecule has 1 aromatic rings. The summed E-state index contributed by atoms with van der Waals surface area (Å²) in [6, 6.07) is 4.37. The Labute approximate surface area is 118 Å². The summed E-state index contributed by atoms with van der Waals surface area (Å²) in [4.78, 5) is 0.0519. The monoisotopic (exact) mass is 304 g/mol. The zero-order valence-electron chi connectivity index (χ0n) is 10.6. The predicted molar refractivity (Wildman–Crippen MR) is 74.6 cm³/mol. The second-order valence-electron chi connectivity index (χ2n) is 4.97. The van der Waals surface area contributed by atoms with E-state index in [1.54, 1.807) is 0 Å². The minimum Gasteiger partial charge on any atom is -0.399 e. The molecule has 1 aliphatic heterocycles. The number of benzene rings is 1. The van der Waals surface area contributed by atoms with Crippen molar-refractivity contribution in [2.45, 2.75) is 30.2 Å². The Balaban J connectivity index is 2.27. The summed E-state index contributed by atoms with van der Waals surface area (Å²) in [6.45, 7) is 2.97. The van der Waals surface area contributed by atoms with Crippen LogP contribution in [0.5, 0.6) is 0 Å². The summed E-state index contributed by atoms with van der Waals surface area (Å²) < 4.78 is 32.7. The maximum absolute atomic E-state index is 12.4. The average Bonchev–Trinajstić information content (AvgIpc) is 2.27. The Kier molecular flexibility index (Phi) is 4.06. The number of halogens is 1. The van der Waals surface area contributed by atoms with Gasteiger partial charge in [0.05, 0.1) is 5.02 Å². The van der Waals surface area contributed by atoms with E-state index in [2.05, 4.69) is 4.72 Å². The van der Waals surface area contributed by atoms with Gasteiger partial charge >= 0.3 is 0 Å². The van der Waals surface area contributed by atoms with Crippen LogP contribution >= 0.6 is 11.6 Å². The SMILES string of the molecule is CC1(NS(=O)(=O)c2ccc(N)cc2Cl)CCOCC1. The molecule has 1 aliphatic rings. The van der Waals surface area contributed by atoms with E-state index in [9.17, 15) is 8.42 Å². The Morgan fingerprint density at radius 2 is 2.00 bits per heavy atom. The molecule has 5 nitrogen and oxygen atoms in total. The van der Waals surface area contributed by atoms with Gasteiger partial charge < -0.3 is 10.5 Å². The molecule has 19 heavy (non-hydrogen) atoms. The lowest BCUT2D eigenvalue weighted by Gasteiger charge is -2.34. The Morgan fingerprint density at radius 1 is 1.37 bits per heavy atom. The summed E-state index contributed by atoms with van der Waals surface area (Å²) in [5.41, 5.74) is 5.50. The minimum absolute atomic E-state index is 0.0519. The number of nitrogens with one attached hydrogen (secondary N) is 1. The van der Waals surface area contributed by atoms with Gasteiger partial charge in [0.15, 0.2) is 0 Å². The summed E-state index contributed by atoms with van der Waals surface area (Å²) in [6.07, 6.45) is 1.28. The van der Waals surface area contributed by atoms with Crippen LogP contribution < -0.4 is 10.5 Å². The summed E-state index contributed by atoms with van der Waals surface area (Å²) >= 11 is 5.95. The van der Waals surface area contributed by atoms with E-state index in [1.807, 2.05) is 6.92 Å². The third-order valence-electron chi connectivity index (χ3n) is 3.22. The van der Waals surface area contributed by atoms with Gasteiger partial charge in [-0.25, -0.2) is 13.1 Å². The number of anilines is 1. The second-order valence-corrected chi connectivity index (χ2v) is 7.03. The minimum atomic E-state index is -3.66. The molecule has 0 amide bonds. The van der Waals surface area contributed by atoms with Crippen LogP contribution in [0.1, 0.15) is 19.8 Å². The molecule has 0 spiro atoms. The van der Waals surface area contributed by atoms with Crippen LogP contribution in [0.25, 0.3) is 0 Å². The van der Waals surface area contributed by atoms with Gasteiger partial charge in [0.25, 0.3) is 0 Å². The number of hydrogen-bond donors (Lipinski definition) is 2. The van der Waals surface area contributed by atoms with Crippen molar-refractivity contribution >= 4 is 27.3 Å². The van der Waals surface area contributed by atoms with Crippen molar-refractivity contribution < 1.29 is 13.2 Å². The molecule has 0 saturated carbocycles. The number of sulfonamides is 1. The Hall–Kier alpha value is -0.820. The number of nitrogens with two attached hydrogens (primary N) is 1. The molecule has 1 heterocycles. The first-order valence-electron chi connectivity index (χ1n) is 5.99. The largest absolute Gasteiger partial charge is 0.399 e. The van der Waals surface area contributed by atoms with Crippen LogP contribution in [0.2, 0.25) is 5.02 Å². The summed E-state index contributed by atoms with van der Waals surface area (Å²) in [5.74, 6) is 0. The third kappa shape index (κ3) is 3.39. The smallest absolute Gasteiger partial charge is 0.242 e. The van der Waals surface area contributed by atoms with Gasteiger partial charge in [-0.3, -0.25) is 0 Å². The van der Waals surface area contributed by atoms with Gasteiger partial charge in [-0.1, -0.05) is 11.6 Å². The lowest BCUT2D eigenvalue weighted by Crippen LogP contribution is -2.49. The molecule has 1 aromatic carbocycles. The molecular weight excluding hydrogens is 288 g/mol. The molecular formula is C12H17ClN2O3S. The maximum atomic E-state index is 12.4. The van der Waals surface area contributed by atoms with Crippen molar-refractivity contribution in [3.05, 3.63) is 23.2 Å². The highest BCUT2D eigenvalue weighted by Gasteiger charge is 2.33. The van der Waals surface area contributed by atoms with Crippen LogP contribution in [-0.2, 0) is 14.8 Å². The molecule has 0 aliphatic carbocycles. The average molecular weight is 305 g/mol. The Bertz CT molecular complexity index is 568. The van der Waals surface area contributed by atoms with Crippen molar-refractivity contribution in [2.24, 2.45) is 0 Å². The van der Waals surface area contributed by atoms with Crippen LogP contribution in [-0.4, -0.2) is 27.2 Å². The zero-order chi connectivity index (χ0) is 14.1. The third-order valence-corrected chi connectivity index (χ3v) is 5.34.